The first-order valence-electron chi connectivity index (χ1n) is 7.85. The number of amides is 1. The van der Waals surface area contributed by atoms with Gasteiger partial charge in [0.15, 0.2) is 0 Å². The van der Waals surface area contributed by atoms with E-state index in [4.69, 9.17) is 0 Å². The summed E-state index contributed by atoms with van der Waals surface area (Å²) >= 11 is 0. The highest BCUT2D eigenvalue weighted by Crippen LogP contribution is 2.09. The minimum atomic E-state index is 0.111. The smallest absolute Gasteiger partial charge is 0.219 e. The van der Waals surface area contributed by atoms with Gasteiger partial charge < -0.3 is 5.32 Å². The Hall–Kier alpha value is -2.13. The number of benzene rings is 2. The molecule has 1 N–H and O–H groups in total. The molecule has 0 spiro atoms. The van der Waals surface area contributed by atoms with Crippen LogP contribution < -0.4 is 5.32 Å². The van der Waals surface area contributed by atoms with Crippen molar-refractivity contribution in [3.05, 3.63) is 71.8 Å². The third-order valence-electron chi connectivity index (χ3n) is 3.57. The molecule has 0 atom stereocenters. The first-order valence-corrected chi connectivity index (χ1v) is 7.85. The molecule has 0 radical (unpaired) electrons. The lowest BCUT2D eigenvalue weighted by Gasteiger charge is -2.23. The zero-order chi connectivity index (χ0) is 15.6. The van der Waals surface area contributed by atoms with E-state index in [0.717, 1.165) is 19.6 Å². The van der Waals surface area contributed by atoms with Crippen LogP contribution in [0.4, 0.5) is 0 Å². The highest BCUT2D eigenvalue weighted by Gasteiger charge is 2.07. The van der Waals surface area contributed by atoms with Crippen LogP contribution in [-0.4, -0.2) is 23.9 Å². The third kappa shape index (κ3) is 5.70. The summed E-state index contributed by atoms with van der Waals surface area (Å²) < 4.78 is 0. The zero-order valence-electron chi connectivity index (χ0n) is 13.2. The van der Waals surface area contributed by atoms with Gasteiger partial charge >= 0.3 is 0 Å². The van der Waals surface area contributed by atoms with Gasteiger partial charge in [0.05, 0.1) is 0 Å². The second kappa shape index (κ2) is 9.00. The molecular weight excluding hydrogens is 272 g/mol. The standard InChI is InChI=1S/C19H24N2O/c1-2-19(22)20-13-14-21(15-17-9-5-3-6-10-17)16-18-11-7-4-8-12-18/h3-12H,2,13-16H2,1H3,(H,20,22). The molecule has 0 saturated heterocycles. The quantitative estimate of drug-likeness (QED) is 0.811. The van der Waals surface area contributed by atoms with Crippen LogP contribution in [0.1, 0.15) is 24.5 Å². The predicted octanol–water partition coefficient (Wildman–Crippen LogP) is 3.22. The van der Waals surface area contributed by atoms with Crippen molar-refractivity contribution in [3.8, 4) is 0 Å². The SMILES string of the molecule is CCC(=O)NCCN(Cc1ccccc1)Cc1ccccc1. The number of carbonyl (C=O) groups is 1. The Morgan fingerprint density at radius 3 is 1.86 bits per heavy atom. The molecule has 0 saturated carbocycles. The topological polar surface area (TPSA) is 32.3 Å². The van der Waals surface area contributed by atoms with Crippen molar-refractivity contribution in [2.75, 3.05) is 13.1 Å². The Kier molecular flexibility index (Phi) is 6.65. The van der Waals surface area contributed by atoms with Crippen LogP contribution in [0.2, 0.25) is 0 Å². The van der Waals surface area contributed by atoms with E-state index >= 15 is 0 Å². The third-order valence-corrected chi connectivity index (χ3v) is 3.57. The highest BCUT2D eigenvalue weighted by molar-refractivity contribution is 5.75. The molecule has 2 aromatic rings. The van der Waals surface area contributed by atoms with Crippen LogP contribution >= 0.6 is 0 Å². The number of rotatable bonds is 8. The van der Waals surface area contributed by atoms with E-state index in [1.54, 1.807) is 0 Å². The summed E-state index contributed by atoms with van der Waals surface area (Å²) in [7, 11) is 0. The Bertz CT molecular complexity index is 513. The van der Waals surface area contributed by atoms with Crippen LogP contribution in [0.25, 0.3) is 0 Å². The molecule has 2 rings (SSSR count). The lowest BCUT2D eigenvalue weighted by atomic mass is 10.1. The van der Waals surface area contributed by atoms with Crippen LogP contribution in [-0.2, 0) is 17.9 Å². The van der Waals surface area contributed by atoms with Crippen molar-refractivity contribution in [1.82, 2.24) is 10.2 Å². The molecule has 0 heterocycles. The van der Waals surface area contributed by atoms with E-state index in [0.29, 0.717) is 13.0 Å². The van der Waals surface area contributed by atoms with E-state index in [-0.39, 0.29) is 5.91 Å². The van der Waals surface area contributed by atoms with Gasteiger partial charge in [-0.25, -0.2) is 0 Å². The Morgan fingerprint density at radius 1 is 0.909 bits per heavy atom. The van der Waals surface area contributed by atoms with Crippen LogP contribution in [0.15, 0.2) is 60.7 Å². The molecule has 2 aromatic carbocycles. The number of carbonyl (C=O) groups excluding carboxylic acids is 1. The first kappa shape index (κ1) is 16.2. The summed E-state index contributed by atoms with van der Waals surface area (Å²) in [5.74, 6) is 0.111. The van der Waals surface area contributed by atoms with E-state index in [1.807, 2.05) is 19.1 Å². The summed E-state index contributed by atoms with van der Waals surface area (Å²) in [5, 5.41) is 2.95. The Balaban J connectivity index is 1.95. The van der Waals surface area contributed by atoms with Gasteiger partial charge in [0.25, 0.3) is 0 Å². The molecule has 0 aromatic heterocycles. The van der Waals surface area contributed by atoms with Crippen molar-refractivity contribution in [2.45, 2.75) is 26.4 Å². The molecule has 3 nitrogen and oxygen atoms in total. The fourth-order valence-corrected chi connectivity index (χ4v) is 2.38. The largest absolute Gasteiger partial charge is 0.355 e. The van der Waals surface area contributed by atoms with Crippen molar-refractivity contribution in [3.63, 3.8) is 0 Å². The van der Waals surface area contributed by atoms with Crippen LogP contribution in [0.3, 0.4) is 0 Å². The average molecular weight is 296 g/mol. The number of hydrogen-bond acceptors (Lipinski definition) is 2. The van der Waals surface area contributed by atoms with Crippen molar-refractivity contribution in [2.24, 2.45) is 0 Å². The minimum absolute atomic E-state index is 0.111. The van der Waals surface area contributed by atoms with Gasteiger partial charge in [-0.15, -0.1) is 0 Å². The molecule has 0 aliphatic carbocycles. The molecule has 116 valence electrons. The average Bonchev–Trinajstić information content (AvgIpc) is 2.56. The maximum atomic E-state index is 11.4. The fraction of sp³-hybridized carbons (Fsp3) is 0.316. The lowest BCUT2D eigenvalue weighted by molar-refractivity contribution is -0.120. The summed E-state index contributed by atoms with van der Waals surface area (Å²) in [6, 6.07) is 20.9. The minimum Gasteiger partial charge on any atom is -0.355 e. The predicted molar refractivity (Wildman–Crippen MR) is 90.3 cm³/mol. The van der Waals surface area contributed by atoms with E-state index < -0.39 is 0 Å². The highest BCUT2D eigenvalue weighted by atomic mass is 16.1. The number of nitrogens with zero attached hydrogens (tertiary/aromatic N) is 1. The molecule has 0 fully saturated rings. The molecule has 3 heteroatoms. The van der Waals surface area contributed by atoms with Gasteiger partial charge in [0.1, 0.15) is 0 Å². The fourth-order valence-electron chi connectivity index (χ4n) is 2.38. The van der Waals surface area contributed by atoms with E-state index in [1.165, 1.54) is 11.1 Å². The molecule has 0 aliphatic heterocycles. The van der Waals surface area contributed by atoms with Gasteiger partial charge in [-0.2, -0.15) is 0 Å². The normalized spacial score (nSPS) is 10.6. The summed E-state index contributed by atoms with van der Waals surface area (Å²) in [4.78, 5) is 13.7. The molecule has 0 bridgehead atoms. The zero-order valence-corrected chi connectivity index (χ0v) is 13.2. The number of hydrogen-bond donors (Lipinski definition) is 1. The molecule has 0 unspecified atom stereocenters. The number of nitrogens with one attached hydrogen (secondary N) is 1. The van der Waals surface area contributed by atoms with Crippen molar-refractivity contribution in [1.29, 1.82) is 0 Å². The van der Waals surface area contributed by atoms with Crippen LogP contribution in [0, 0.1) is 0 Å². The summed E-state index contributed by atoms with van der Waals surface area (Å²) in [6.07, 6.45) is 0.539. The monoisotopic (exact) mass is 296 g/mol. The molecular formula is C19H24N2O. The van der Waals surface area contributed by atoms with Crippen molar-refractivity contribution >= 4 is 5.91 Å². The Labute approximate surface area is 133 Å². The van der Waals surface area contributed by atoms with Gasteiger partial charge in [0.2, 0.25) is 5.91 Å². The van der Waals surface area contributed by atoms with E-state index in [9.17, 15) is 4.79 Å². The maximum Gasteiger partial charge on any atom is 0.219 e. The van der Waals surface area contributed by atoms with Crippen molar-refractivity contribution < 1.29 is 4.79 Å². The van der Waals surface area contributed by atoms with E-state index in [2.05, 4.69) is 58.7 Å². The second-order valence-electron chi connectivity index (χ2n) is 5.39. The van der Waals surface area contributed by atoms with Gasteiger partial charge in [-0.05, 0) is 11.1 Å². The van der Waals surface area contributed by atoms with Crippen LogP contribution in [0.5, 0.6) is 0 Å². The molecule has 22 heavy (non-hydrogen) atoms. The lowest BCUT2D eigenvalue weighted by Crippen LogP contribution is -2.34. The van der Waals surface area contributed by atoms with Gasteiger partial charge in [-0.1, -0.05) is 67.6 Å². The molecule has 1 amide bonds. The molecule has 0 aliphatic rings. The Morgan fingerprint density at radius 2 is 1.41 bits per heavy atom. The van der Waals surface area contributed by atoms with Gasteiger partial charge in [-0.3, -0.25) is 9.69 Å². The first-order chi connectivity index (χ1) is 10.8. The summed E-state index contributed by atoms with van der Waals surface area (Å²) in [5.41, 5.74) is 2.58. The maximum absolute atomic E-state index is 11.4. The van der Waals surface area contributed by atoms with Gasteiger partial charge in [0, 0.05) is 32.6 Å². The second-order valence-corrected chi connectivity index (χ2v) is 5.39. The summed E-state index contributed by atoms with van der Waals surface area (Å²) in [6.45, 7) is 5.18.